The van der Waals surface area contributed by atoms with Gasteiger partial charge in [0.1, 0.15) is 5.82 Å². The molecule has 1 N–H and O–H groups in total. The highest BCUT2D eigenvalue weighted by atomic mass is 16.6. The molecule has 1 saturated heterocycles. The van der Waals surface area contributed by atoms with Crippen LogP contribution in [0.5, 0.6) is 0 Å². The van der Waals surface area contributed by atoms with Crippen LogP contribution >= 0.6 is 0 Å². The predicted octanol–water partition coefficient (Wildman–Crippen LogP) is 1.75. The van der Waals surface area contributed by atoms with E-state index in [-0.39, 0.29) is 10.6 Å². The molecule has 6 nitrogen and oxygen atoms in total. The summed E-state index contributed by atoms with van der Waals surface area (Å²) in [7, 11) is 0. The predicted molar refractivity (Wildman–Crippen MR) is 63.0 cm³/mol. The fraction of sp³-hybridized carbons (Fsp3) is 0.545. The first kappa shape index (κ1) is 11.8. The molecule has 1 fully saturated rings. The molecule has 17 heavy (non-hydrogen) atoms. The minimum absolute atomic E-state index is 0.102. The van der Waals surface area contributed by atoms with Gasteiger partial charge in [-0.05, 0) is 13.3 Å². The molecule has 0 aliphatic carbocycles. The van der Waals surface area contributed by atoms with Crippen molar-refractivity contribution in [3.63, 3.8) is 0 Å². The van der Waals surface area contributed by atoms with Gasteiger partial charge < -0.3 is 10.1 Å². The Morgan fingerprint density at radius 1 is 1.71 bits per heavy atom. The monoisotopic (exact) mass is 237 g/mol. The molecule has 1 unspecified atom stereocenters. The Kier molecular flexibility index (Phi) is 3.53. The van der Waals surface area contributed by atoms with Crippen LogP contribution in [-0.2, 0) is 4.74 Å². The number of rotatable bonds is 4. The first-order valence-corrected chi connectivity index (χ1v) is 5.59. The summed E-state index contributed by atoms with van der Waals surface area (Å²) in [6.45, 7) is 3.97. The number of ether oxygens (including phenoxy) is 1. The summed E-state index contributed by atoms with van der Waals surface area (Å²) >= 11 is 0. The maximum atomic E-state index is 10.8. The Labute approximate surface area is 99.2 Å². The maximum absolute atomic E-state index is 10.8. The van der Waals surface area contributed by atoms with Gasteiger partial charge in [-0.3, -0.25) is 10.1 Å². The van der Waals surface area contributed by atoms with E-state index in [1.165, 1.54) is 12.3 Å². The number of aryl methyl sites for hydroxylation is 1. The van der Waals surface area contributed by atoms with Gasteiger partial charge in [0.05, 0.1) is 17.6 Å². The standard InChI is InChI=1S/C11H15N3O3/c1-8-5-12-11(4-10(8)14(15)16)13-6-9-2-3-17-7-9/h4-5,9H,2-3,6-7H2,1H3,(H,12,13). The van der Waals surface area contributed by atoms with Crippen molar-refractivity contribution in [2.24, 2.45) is 5.92 Å². The van der Waals surface area contributed by atoms with Crippen molar-refractivity contribution in [3.8, 4) is 0 Å². The molecule has 0 saturated carbocycles. The van der Waals surface area contributed by atoms with Crippen LogP contribution < -0.4 is 5.32 Å². The number of nitrogens with zero attached hydrogens (tertiary/aromatic N) is 2. The minimum Gasteiger partial charge on any atom is -0.381 e. The van der Waals surface area contributed by atoms with E-state index in [0.717, 1.165) is 26.2 Å². The van der Waals surface area contributed by atoms with E-state index in [1.54, 1.807) is 6.92 Å². The Morgan fingerprint density at radius 2 is 2.53 bits per heavy atom. The number of pyridine rings is 1. The quantitative estimate of drug-likeness (QED) is 0.637. The highest BCUT2D eigenvalue weighted by Gasteiger charge is 2.16. The molecule has 0 amide bonds. The average Bonchev–Trinajstić information content (AvgIpc) is 2.80. The Hall–Kier alpha value is -1.69. The largest absolute Gasteiger partial charge is 0.381 e. The molecule has 0 bridgehead atoms. The summed E-state index contributed by atoms with van der Waals surface area (Å²) in [5, 5.41) is 13.9. The first-order chi connectivity index (χ1) is 8.16. The number of anilines is 1. The van der Waals surface area contributed by atoms with Crippen molar-refractivity contribution in [2.75, 3.05) is 25.1 Å². The fourth-order valence-electron chi connectivity index (χ4n) is 1.80. The zero-order valence-electron chi connectivity index (χ0n) is 9.68. The van der Waals surface area contributed by atoms with E-state index >= 15 is 0 Å². The smallest absolute Gasteiger partial charge is 0.277 e. The van der Waals surface area contributed by atoms with E-state index in [4.69, 9.17) is 4.74 Å². The summed E-state index contributed by atoms with van der Waals surface area (Å²) in [6, 6.07) is 1.48. The number of nitrogens with one attached hydrogen (secondary N) is 1. The van der Waals surface area contributed by atoms with Gasteiger partial charge in [-0.25, -0.2) is 4.98 Å². The van der Waals surface area contributed by atoms with Gasteiger partial charge >= 0.3 is 0 Å². The Bertz CT molecular complexity index is 416. The lowest BCUT2D eigenvalue weighted by Gasteiger charge is -2.09. The second-order valence-corrected chi connectivity index (χ2v) is 4.22. The van der Waals surface area contributed by atoms with Gasteiger partial charge in [0, 0.05) is 30.8 Å². The number of nitro groups is 1. The van der Waals surface area contributed by atoms with E-state index in [2.05, 4.69) is 10.3 Å². The van der Waals surface area contributed by atoms with Crippen molar-refractivity contribution in [1.82, 2.24) is 4.98 Å². The van der Waals surface area contributed by atoms with Crippen molar-refractivity contribution < 1.29 is 9.66 Å². The molecule has 2 rings (SSSR count). The van der Waals surface area contributed by atoms with Crippen molar-refractivity contribution in [1.29, 1.82) is 0 Å². The number of aromatic nitrogens is 1. The van der Waals surface area contributed by atoms with Gasteiger partial charge in [0.2, 0.25) is 0 Å². The summed E-state index contributed by atoms with van der Waals surface area (Å²) < 4.78 is 5.26. The summed E-state index contributed by atoms with van der Waals surface area (Å²) in [5.41, 5.74) is 0.676. The molecule has 1 aliphatic rings. The second-order valence-electron chi connectivity index (χ2n) is 4.22. The molecule has 0 spiro atoms. The van der Waals surface area contributed by atoms with Crippen LogP contribution in [0.4, 0.5) is 11.5 Å². The van der Waals surface area contributed by atoms with Crippen LogP contribution in [0.1, 0.15) is 12.0 Å². The number of hydrogen-bond acceptors (Lipinski definition) is 5. The van der Waals surface area contributed by atoms with Gasteiger partial charge in [-0.15, -0.1) is 0 Å². The lowest BCUT2D eigenvalue weighted by molar-refractivity contribution is -0.385. The molecular weight excluding hydrogens is 222 g/mol. The molecule has 2 heterocycles. The van der Waals surface area contributed by atoms with E-state index in [0.29, 0.717) is 17.3 Å². The third-order valence-electron chi connectivity index (χ3n) is 2.87. The zero-order valence-corrected chi connectivity index (χ0v) is 9.68. The van der Waals surface area contributed by atoms with Gasteiger partial charge in [0.25, 0.3) is 5.69 Å². The fourth-order valence-corrected chi connectivity index (χ4v) is 1.80. The topological polar surface area (TPSA) is 77.3 Å². The maximum Gasteiger partial charge on any atom is 0.277 e. The average molecular weight is 237 g/mol. The summed E-state index contributed by atoms with van der Waals surface area (Å²) in [5.74, 6) is 1.02. The van der Waals surface area contributed by atoms with E-state index in [9.17, 15) is 10.1 Å². The molecule has 0 radical (unpaired) electrons. The normalized spacial score (nSPS) is 19.2. The molecule has 1 aromatic heterocycles. The third kappa shape index (κ3) is 2.91. The van der Waals surface area contributed by atoms with Crippen molar-refractivity contribution >= 4 is 11.5 Å². The van der Waals surface area contributed by atoms with Gasteiger partial charge in [0.15, 0.2) is 0 Å². The van der Waals surface area contributed by atoms with Crippen LogP contribution in [0, 0.1) is 23.0 Å². The third-order valence-corrected chi connectivity index (χ3v) is 2.87. The SMILES string of the molecule is Cc1cnc(NCC2CCOC2)cc1[N+](=O)[O-]. The second kappa shape index (κ2) is 5.09. The zero-order chi connectivity index (χ0) is 12.3. The Balaban J connectivity index is 2.00. The molecule has 1 aromatic rings. The van der Waals surface area contributed by atoms with Crippen LogP contribution in [0.2, 0.25) is 0 Å². The van der Waals surface area contributed by atoms with Crippen LogP contribution in [0.15, 0.2) is 12.3 Å². The number of hydrogen-bond donors (Lipinski definition) is 1. The lowest BCUT2D eigenvalue weighted by Crippen LogP contribution is -2.15. The Morgan fingerprint density at radius 3 is 3.18 bits per heavy atom. The van der Waals surface area contributed by atoms with Crippen molar-refractivity contribution in [2.45, 2.75) is 13.3 Å². The van der Waals surface area contributed by atoms with Crippen LogP contribution in [0.25, 0.3) is 0 Å². The molecule has 6 heteroatoms. The summed E-state index contributed by atoms with van der Waals surface area (Å²) in [4.78, 5) is 14.5. The van der Waals surface area contributed by atoms with E-state index < -0.39 is 0 Å². The summed E-state index contributed by atoms with van der Waals surface area (Å²) in [6.07, 6.45) is 2.55. The van der Waals surface area contributed by atoms with Gasteiger partial charge in [-0.1, -0.05) is 0 Å². The van der Waals surface area contributed by atoms with Gasteiger partial charge in [-0.2, -0.15) is 0 Å². The minimum atomic E-state index is -0.388. The molecule has 1 aliphatic heterocycles. The molecule has 0 aromatic carbocycles. The highest BCUT2D eigenvalue weighted by Crippen LogP contribution is 2.20. The molecular formula is C11H15N3O3. The molecule has 92 valence electrons. The van der Waals surface area contributed by atoms with Crippen LogP contribution in [0.3, 0.4) is 0 Å². The van der Waals surface area contributed by atoms with Crippen LogP contribution in [-0.4, -0.2) is 29.7 Å². The van der Waals surface area contributed by atoms with E-state index in [1.807, 2.05) is 0 Å². The van der Waals surface area contributed by atoms with Crippen molar-refractivity contribution in [3.05, 3.63) is 27.9 Å². The first-order valence-electron chi connectivity index (χ1n) is 5.59. The lowest BCUT2D eigenvalue weighted by atomic mass is 10.1. The molecule has 1 atom stereocenters. The highest BCUT2D eigenvalue weighted by molar-refractivity contribution is 5.48.